The number of hydrogen-bond donors (Lipinski definition) is 1. The zero-order valence-corrected chi connectivity index (χ0v) is 13.5. The Morgan fingerprint density at radius 2 is 1.76 bits per heavy atom. The second kappa shape index (κ2) is 6.45. The Morgan fingerprint density at radius 3 is 2.29 bits per heavy atom. The van der Waals surface area contributed by atoms with E-state index < -0.39 is 12.1 Å². The van der Waals surface area contributed by atoms with Gasteiger partial charge in [-0.1, -0.05) is 20.8 Å². The number of nitrogens with zero attached hydrogens (tertiary/aromatic N) is 1. The van der Waals surface area contributed by atoms with Gasteiger partial charge < -0.3 is 5.32 Å². The lowest BCUT2D eigenvalue weighted by atomic mass is 9.72. The number of halogens is 3. The highest BCUT2D eigenvalue weighted by atomic mass is 19.4. The normalized spacial score (nSPS) is 32.3. The van der Waals surface area contributed by atoms with Crippen LogP contribution in [0, 0.1) is 11.3 Å². The van der Waals surface area contributed by atoms with Gasteiger partial charge in [-0.3, -0.25) is 4.90 Å². The van der Waals surface area contributed by atoms with Gasteiger partial charge in [0.05, 0.1) is 5.92 Å². The largest absolute Gasteiger partial charge is 0.391 e. The number of hydrogen-bond acceptors (Lipinski definition) is 2. The van der Waals surface area contributed by atoms with Crippen LogP contribution in [0.1, 0.15) is 52.9 Å². The molecule has 2 rings (SSSR count). The lowest BCUT2D eigenvalue weighted by Gasteiger charge is -2.48. The standard InChI is InChI=1S/C16H29F3N2/c1-4-20-13-5-8-15(2,3)11-14(13)21-9-6-12(7-10-21)16(17,18)19/h12-14,20H,4-11H2,1-3H3. The van der Waals surface area contributed by atoms with Crippen molar-refractivity contribution in [1.82, 2.24) is 10.2 Å². The SMILES string of the molecule is CCNC1CCC(C)(C)CC1N1CCC(C(F)(F)F)CC1. The molecule has 0 radical (unpaired) electrons. The van der Waals surface area contributed by atoms with Crippen molar-refractivity contribution in [2.75, 3.05) is 19.6 Å². The lowest BCUT2D eigenvalue weighted by Crippen LogP contribution is -2.56. The molecule has 0 aromatic carbocycles. The highest BCUT2D eigenvalue weighted by Gasteiger charge is 2.44. The highest BCUT2D eigenvalue weighted by molar-refractivity contribution is 4.95. The fraction of sp³-hybridized carbons (Fsp3) is 1.00. The summed E-state index contributed by atoms with van der Waals surface area (Å²) in [7, 11) is 0. The molecule has 1 saturated carbocycles. The molecule has 0 bridgehead atoms. The van der Waals surface area contributed by atoms with Crippen molar-refractivity contribution >= 4 is 0 Å². The van der Waals surface area contributed by atoms with E-state index in [0.29, 0.717) is 30.6 Å². The molecular weight excluding hydrogens is 277 g/mol. The molecule has 0 aromatic rings. The zero-order valence-electron chi connectivity index (χ0n) is 13.5. The van der Waals surface area contributed by atoms with Crippen LogP contribution in [0.15, 0.2) is 0 Å². The Bertz CT molecular complexity index is 333. The minimum atomic E-state index is -4.01. The minimum absolute atomic E-state index is 0.263. The first-order valence-electron chi connectivity index (χ1n) is 8.27. The molecule has 1 aliphatic heterocycles. The quantitative estimate of drug-likeness (QED) is 0.853. The van der Waals surface area contributed by atoms with E-state index in [2.05, 4.69) is 31.0 Å². The molecule has 2 unspecified atom stereocenters. The van der Waals surface area contributed by atoms with Crippen LogP contribution in [0.3, 0.4) is 0 Å². The number of rotatable bonds is 3. The molecule has 1 aliphatic carbocycles. The summed E-state index contributed by atoms with van der Waals surface area (Å²) in [5.74, 6) is -1.09. The van der Waals surface area contributed by atoms with Crippen molar-refractivity contribution in [3.05, 3.63) is 0 Å². The lowest BCUT2D eigenvalue weighted by molar-refractivity contribution is -0.187. The van der Waals surface area contributed by atoms with Crippen molar-refractivity contribution in [3.63, 3.8) is 0 Å². The van der Waals surface area contributed by atoms with Crippen LogP contribution in [0.4, 0.5) is 13.2 Å². The van der Waals surface area contributed by atoms with Gasteiger partial charge >= 0.3 is 6.18 Å². The summed E-state index contributed by atoms with van der Waals surface area (Å²) < 4.78 is 38.4. The summed E-state index contributed by atoms with van der Waals surface area (Å²) >= 11 is 0. The molecular formula is C16H29F3N2. The van der Waals surface area contributed by atoms with Crippen LogP contribution >= 0.6 is 0 Å². The van der Waals surface area contributed by atoms with E-state index in [1.54, 1.807) is 0 Å². The summed E-state index contributed by atoms with van der Waals surface area (Å²) in [6.45, 7) is 8.78. The van der Waals surface area contributed by atoms with Crippen molar-refractivity contribution < 1.29 is 13.2 Å². The number of likely N-dealkylation sites (N-methyl/N-ethyl adjacent to an activating group) is 1. The first-order chi connectivity index (χ1) is 9.73. The van der Waals surface area contributed by atoms with Gasteiger partial charge in [0.15, 0.2) is 0 Å². The van der Waals surface area contributed by atoms with E-state index in [9.17, 15) is 13.2 Å². The molecule has 1 saturated heterocycles. The first kappa shape index (κ1) is 17.1. The highest BCUT2D eigenvalue weighted by Crippen LogP contribution is 2.40. The number of nitrogens with one attached hydrogen (secondary N) is 1. The molecule has 0 aromatic heterocycles. The summed E-state index contributed by atoms with van der Waals surface area (Å²) in [6, 6.07) is 0.827. The first-order valence-corrected chi connectivity index (χ1v) is 8.27. The van der Waals surface area contributed by atoms with Crippen LogP contribution in [0.2, 0.25) is 0 Å². The number of piperidine rings is 1. The molecule has 21 heavy (non-hydrogen) atoms. The predicted octanol–water partition coefficient (Wildman–Crippen LogP) is 3.82. The molecule has 0 spiro atoms. The average Bonchev–Trinajstić information content (AvgIpc) is 2.40. The summed E-state index contributed by atoms with van der Waals surface area (Å²) in [5, 5.41) is 3.55. The summed E-state index contributed by atoms with van der Waals surface area (Å²) in [6.07, 6.45) is -0.0796. The smallest absolute Gasteiger partial charge is 0.313 e. The Hall–Kier alpha value is -0.290. The van der Waals surface area contributed by atoms with Crippen molar-refractivity contribution in [3.8, 4) is 0 Å². The Morgan fingerprint density at radius 1 is 1.14 bits per heavy atom. The maximum absolute atomic E-state index is 12.8. The second-order valence-electron chi connectivity index (χ2n) is 7.49. The van der Waals surface area contributed by atoms with Crippen LogP contribution < -0.4 is 5.32 Å². The third-order valence-electron chi connectivity index (χ3n) is 5.29. The third kappa shape index (κ3) is 4.35. The van der Waals surface area contributed by atoms with E-state index in [-0.39, 0.29) is 12.8 Å². The monoisotopic (exact) mass is 306 g/mol. The van der Waals surface area contributed by atoms with E-state index >= 15 is 0 Å². The fourth-order valence-corrected chi connectivity index (χ4v) is 3.99. The topological polar surface area (TPSA) is 15.3 Å². The third-order valence-corrected chi connectivity index (χ3v) is 5.29. The molecule has 2 nitrogen and oxygen atoms in total. The van der Waals surface area contributed by atoms with Crippen LogP contribution in [-0.2, 0) is 0 Å². The Labute approximate surface area is 126 Å². The second-order valence-corrected chi connectivity index (χ2v) is 7.49. The summed E-state index contributed by atoms with van der Waals surface area (Å²) in [4.78, 5) is 2.32. The maximum atomic E-state index is 12.8. The molecule has 1 N–H and O–H groups in total. The van der Waals surface area contributed by atoms with Gasteiger partial charge in [0, 0.05) is 12.1 Å². The van der Waals surface area contributed by atoms with Crippen molar-refractivity contribution in [2.24, 2.45) is 11.3 Å². The molecule has 2 fully saturated rings. The Balaban J connectivity index is 1.98. The van der Waals surface area contributed by atoms with Crippen molar-refractivity contribution in [1.29, 1.82) is 0 Å². The van der Waals surface area contributed by atoms with Crippen LogP contribution in [-0.4, -0.2) is 42.8 Å². The van der Waals surface area contributed by atoms with Crippen LogP contribution in [0.25, 0.3) is 0 Å². The minimum Gasteiger partial charge on any atom is -0.313 e. The predicted molar refractivity (Wildman–Crippen MR) is 79.2 cm³/mol. The van der Waals surface area contributed by atoms with E-state index in [1.807, 2.05) is 0 Å². The number of alkyl halides is 3. The van der Waals surface area contributed by atoms with Crippen LogP contribution in [0.5, 0.6) is 0 Å². The maximum Gasteiger partial charge on any atom is 0.391 e. The van der Waals surface area contributed by atoms with Gasteiger partial charge in [0.25, 0.3) is 0 Å². The van der Waals surface area contributed by atoms with E-state index in [4.69, 9.17) is 0 Å². The van der Waals surface area contributed by atoms with E-state index in [0.717, 1.165) is 19.4 Å². The molecule has 2 aliphatic rings. The Kier molecular flexibility index (Phi) is 5.24. The van der Waals surface area contributed by atoms with Gasteiger partial charge in [-0.2, -0.15) is 13.2 Å². The number of likely N-dealkylation sites (tertiary alicyclic amines) is 1. The molecule has 2 atom stereocenters. The zero-order chi connectivity index (χ0) is 15.7. The van der Waals surface area contributed by atoms with Gasteiger partial charge in [0.2, 0.25) is 0 Å². The molecule has 1 heterocycles. The summed E-state index contributed by atoms with van der Waals surface area (Å²) in [5.41, 5.74) is 0.303. The van der Waals surface area contributed by atoms with Gasteiger partial charge in [-0.05, 0) is 57.2 Å². The molecule has 124 valence electrons. The van der Waals surface area contributed by atoms with Gasteiger partial charge in [0.1, 0.15) is 0 Å². The molecule has 0 amide bonds. The average molecular weight is 306 g/mol. The van der Waals surface area contributed by atoms with Gasteiger partial charge in [-0.25, -0.2) is 0 Å². The fourth-order valence-electron chi connectivity index (χ4n) is 3.99. The molecule has 5 heteroatoms. The van der Waals surface area contributed by atoms with E-state index in [1.165, 1.54) is 6.42 Å². The van der Waals surface area contributed by atoms with Crippen molar-refractivity contribution in [2.45, 2.75) is 71.1 Å². The van der Waals surface area contributed by atoms with Gasteiger partial charge in [-0.15, -0.1) is 0 Å².